The van der Waals surface area contributed by atoms with Crippen LogP contribution in [-0.2, 0) is 0 Å². The number of benzene rings is 1. The molecule has 0 aliphatic rings. The predicted octanol–water partition coefficient (Wildman–Crippen LogP) is 1.73. The second kappa shape index (κ2) is 6.86. The van der Waals surface area contributed by atoms with Gasteiger partial charge in [-0.3, -0.25) is 0 Å². The standard InChI is InChI=1S/C12H18ClNO2/c1-2-12(14-11(7-15)8-16)9-4-3-5-10(13)6-9/h3-6,11-12,14-16H,2,7-8H2,1H3. The molecule has 0 amide bonds. The third-order valence-electron chi connectivity index (χ3n) is 2.54. The Labute approximate surface area is 101 Å². The van der Waals surface area contributed by atoms with Crippen molar-refractivity contribution in [3.8, 4) is 0 Å². The Kier molecular flexibility index (Phi) is 5.77. The fourth-order valence-corrected chi connectivity index (χ4v) is 1.82. The highest BCUT2D eigenvalue weighted by atomic mass is 35.5. The van der Waals surface area contributed by atoms with Crippen molar-refractivity contribution >= 4 is 11.6 Å². The van der Waals surface area contributed by atoms with Crippen LogP contribution in [0.4, 0.5) is 0 Å². The average Bonchev–Trinajstić information content (AvgIpc) is 2.31. The molecule has 90 valence electrons. The summed E-state index contributed by atoms with van der Waals surface area (Å²) < 4.78 is 0. The van der Waals surface area contributed by atoms with Crippen molar-refractivity contribution in [3.05, 3.63) is 34.9 Å². The second-order valence-corrected chi connectivity index (χ2v) is 4.18. The van der Waals surface area contributed by atoms with Crippen LogP contribution in [0.3, 0.4) is 0 Å². The maximum Gasteiger partial charge on any atom is 0.0607 e. The largest absolute Gasteiger partial charge is 0.395 e. The lowest BCUT2D eigenvalue weighted by atomic mass is 10.0. The third-order valence-corrected chi connectivity index (χ3v) is 2.77. The quantitative estimate of drug-likeness (QED) is 0.713. The van der Waals surface area contributed by atoms with Gasteiger partial charge in [-0.1, -0.05) is 30.7 Å². The minimum atomic E-state index is -0.288. The van der Waals surface area contributed by atoms with E-state index in [9.17, 15) is 0 Å². The van der Waals surface area contributed by atoms with Gasteiger partial charge in [-0.05, 0) is 24.1 Å². The second-order valence-electron chi connectivity index (χ2n) is 3.74. The SMILES string of the molecule is CCC(NC(CO)CO)c1cccc(Cl)c1. The summed E-state index contributed by atoms with van der Waals surface area (Å²) in [6.45, 7) is 1.89. The van der Waals surface area contributed by atoms with Crippen LogP contribution in [-0.4, -0.2) is 29.5 Å². The van der Waals surface area contributed by atoms with E-state index < -0.39 is 0 Å². The van der Waals surface area contributed by atoms with Crippen LogP contribution >= 0.6 is 11.6 Å². The van der Waals surface area contributed by atoms with Crippen molar-refractivity contribution in [1.29, 1.82) is 0 Å². The molecule has 0 radical (unpaired) electrons. The van der Waals surface area contributed by atoms with E-state index in [2.05, 4.69) is 5.32 Å². The zero-order chi connectivity index (χ0) is 12.0. The molecule has 16 heavy (non-hydrogen) atoms. The van der Waals surface area contributed by atoms with Gasteiger partial charge in [0.2, 0.25) is 0 Å². The molecular weight excluding hydrogens is 226 g/mol. The van der Waals surface area contributed by atoms with Gasteiger partial charge < -0.3 is 15.5 Å². The van der Waals surface area contributed by atoms with E-state index in [4.69, 9.17) is 21.8 Å². The maximum atomic E-state index is 9.02. The summed E-state index contributed by atoms with van der Waals surface area (Å²) in [5, 5.41) is 21.9. The van der Waals surface area contributed by atoms with E-state index in [1.165, 1.54) is 0 Å². The summed E-state index contributed by atoms with van der Waals surface area (Å²) >= 11 is 5.92. The summed E-state index contributed by atoms with van der Waals surface area (Å²) in [6, 6.07) is 7.42. The Bertz CT molecular complexity index is 316. The smallest absolute Gasteiger partial charge is 0.0607 e. The number of aliphatic hydroxyl groups excluding tert-OH is 2. The predicted molar refractivity (Wildman–Crippen MR) is 65.6 cm³/mol. The minimum absolute atomic E-state index is 0.0758. The fraction of sp³-hybridized carbons (Fsp3) is 0.500. The zero-order valence-corrected chi connectivity index (χ0v) is 10.1. The molecule has 0 aliphatic carbocycles. The molecule has 4 heteroatoms. The van der Waals surface area contributed by atoms with Gasteiger partial charge in [-0.15, -0.1) is 0 Å². The van der Waals surface area contributed by atoms with Crippen LogP contribution in [0.1, 0.15) is 24.9 Å². The van der Waals surface area contributed by atoms with Crippen molar-refractivity contribution in [2.75, 3.05) is 13.2 Å². The summed E-state index contributed by atoms with van der Waals surface area (Å²) in [4.78, 5) is 0. The monoisotopic (exact) mass is 243 g/mol. The number of hydrogen-bond acceptors (Lipinski definition) is 3. The summed E-state index contributed by atoms with van der Waals surface area (Å²) in [5.41, 5.74) is 1.07. The van der Waals surface area contributed by atoms with Crippen LogP contribution in [0.5, 0.6) is 0 Å². The van der Waals surface area contributed by atoms with Crippen molar-refractivity contribution in [2.24, 2.45) is 0 Å². The van der Waals surface area contributed by atoms with Gasteiger partial charge in [0.15, 0.2) is 0 Å². The molecule has 1 aromatic rings. The maximum absolute atomic E-state index is 9.02. The summed E-state index contributed by atoms with van der Waals surface area (Å²) in [6.07, 6.45) is 0.872. The molecule has 0 aliphatic heterocycles. The Balaban J connectivity index is 2.74. The topological polar surface area (TPSA) is 52.5 Å². The molecule has 0 heterocycles. The molecule has 1 atom stereocenters. The van der Waals surface area contributed by atoms with Crippen molar-refractivity contribution < 1.29 is 10.2 Å². The molecule has 1 aromatic carbocycles. The summed E-state index contributed by atoms with van der Waals surface area (Å²) in [7, 11) is 0. The Hall–Kier alpha value is -0.610. The van der Waals surface area contributed by atoms with E-state index in [0.717, 1.165) is 12.0 Å². The molecule has 0 spiro atoms. The van der Waals surface area contributed by atoms with Crippen molar-refractivity contribution in [1.82, 2.24) is 5.32 Å². The van der Waals surface area contributed by atoms with E-state index in [1.54, 1.807) is 0 Å². The first-order valence-corrected chi connectivity index (χ1v) is 5.82. The van der Waals surface area contributed by atoms with Gasteiger partial charge in [0.1, 0.15) is 0 Å². The van der Waals surface area contributed by atoms with Gasteiger partial charge in [0, 0.05) is 11.1 Å². The minimum Gasteiger partial charge on any atom is -0.395 e. The number of halogens is 1. The first-order valence-electron chi connectivity index (χ1n) is 5.44. The van der Waals surface area contributed by atoms with Gasteiger partial charge in [-0.2, -0.15) is 0 Å². The first-order chi connectivity index (χ1) is 7.71. The van der Waals surface area contributed by atoms with Gasteiger partial charge in [-0.25, -0.2) is 0 Å². The van der Waals surface area contributed by atoms with E-state index in [0.29, 0.717) is 5.02 Å². The van der Waals surface area contributed by atoms with Crippen LogP contribution in [0.2, 0.25) is 5.02 Å². The zero-order valence-electron chi connectivity index (χ0n) is 9.36. The fourth-order valence-electron chi connectivity index (χ4n) is 1.62. The highest BCUT2D eigenvalue weighted by molar-refractivity contribution is 6.30. The number of aliphatic hydroxyl groups is 2. The van der Waals surface area contributed by atoms with Crippen molar-refractivity contribution in [3.63, 3.8) is 0 Å². The Morgan fingerprint density at radius 3 is 2.50 bits per heavy atom. The molecule has 1 unspecified atom stereocenters. The molecule has 3 nitrogen and oxygen atoms in total. The number of rotatable bonds is 6. The average molecular weight is 244 g/mol. The van der Waals surface area contributed by atoms with Gasteiger partial charge in [0.25, 0.3) is 0 Å². The van der Waals surface area contributed by atoms with Crippen molar-refractivity contribution in [2.45, 2.75) is 25.4 Å². The Morgan fingerprint density at radius 2 is 2.00 bits per heavy atom. The van der Waals surface area contributed by atoms with Gasteiger partial charge >= 0.3 is 0 Å². The molecular formula is C12H18ClNO2. The lowest BCUT2D eigenvalue weighted by molar-refractivity contribution is 0.161. The van der Waals surface area contributed by atoms with Crippen LogP contribution in [0.25, 0.3) is 0 Å². The Morgan fingerprint density at radius 1 is 1.31 bits per heavy atom. The number of hydrogen-bond donors (Lipinski definition) is 3. The molecule has 3 N–H and O–H groups in total. The first kappa shape index (κ1) is 13.5. The third kappa shape index (κ3) is 3.76. The molecule has 0 aromatic heterocycles. The molecule has 0 bridgehead atoms. The molecule has 0 saturated carbocycles. The molecule has 0 fully saturated rings. The summed E-state index contributed by atoms with van der Waals surface area (Å²) in [5.74, 6) is 0. The van der Waals surface area contributed by atoms with Gasteiger partial charge in [0.05, 0.1) is 19.3 Å². The van der Waals surface area contributed by atoms with E-state index in [-0.39, 0.29) is 25.3 Å². The van der Waals surface area contributed by atoms with Crippen LogP contribution in [0.15, 0.2) is 24.3 Å². The van der Waals surface area contributed by atoms with E-state index >= 15 is 0 Å². The highest BCUT2D eigenvalue weighted by Gasteiger charge is 2.14. The normalized spacial score (nSPS) is 13.1. The lowest BCUT2D eigenvalue weighted by Crippen LogP contribution is -2.38. The molecule has 1 rings (SSSR count). The van der Waals surface area contributed by atoms with E-state index in [1.807, 2.05) is 31.2 Å². The van der Waals surface area contributed by atoms with Crippen LogP contribution in [0, 0.1) is 0 Å². The lowest BCUT2D eigenvalue weighted by Gasteiger charge is -2.22. The molecule has 0 saturated heterocycles. The number of nitrogens with one attached hydrogen (secondary N) is 1. The highest BCUT2D eigenvalue weighted by Crippen LogP contribution is 2.20. The van der Waals surface area contributed by atoms with Crippen LogP contribution < -0.4 is 5.32 Å².